The number of thiophene rings is 1. The number of hydrogen-bond donors (Lipinski definition) is 1. The zero-order chi connectivity index (χ0) is 23.9. The highest BCUT2D eigenvalue weighted by Gasteiger charge is 2.21. The summed E-state index contributed by atoms with van der Waals surface area (Å²) < 4.78 is 11.6. The van der Waals surface area contributed by atoms with Crippen LogP contribution in [0, 0.1) is 11.8 Å². The van der Waals surface area contributed by atoms with Crippen molar-refractivity contribution in [1.29, 1.82) is 0 Å². The van der Waals surface area contributed by atoms with E-state index in [2.05, 4.69) is 41.0 Å². The van der Waals surface area contributed by atoms with Crippen LogP contribution in [-0.2, 0) is 24.4 Å². The number of nitrogens with zero attached hydrogens (tertiary/aromatic N) is 1. The minimum atomic E-state index is -0.854. The summed E-state index contributed by atoms with van der Waals surface area (Å²) in [6.07, 6.45) is 2.23. The van der Waals surface area contributed by atoms with E-state index >= 15 is 0 Å². The van der Waals surface area contributed by atoms with Gasteiger partial charge in [-0.3, -0.25) is 4.79 Å². The lowest BCUT2D eigenvalue weighted by Crippen LogP contribution is -2.28. The fraction of sp³-hybridized carbons (Fsp3) is 0.321. The normalized spacial score (nSPS) is 13.4. The van der Waals surface area contributed by atoms with Gasteiger partial charge in [-0.1, -0.05) is 30.2 Å². The smallest absolute Gasteiger partial charge is 0.304 e. The maximum absolute atomic E-state index is 11.1. The molecule has 176 valence electrons. The van der Waals surface area contributed by atoms with Gasteiger partial charge in [-0.05, 0) is 61.2 Å². The molecule has 1 atom stereocenters. The van der Waals surface area contributed by atoms with Gasteiger partial charge in [-0.2, -0.15) is 0 Å². The lowest BCUT2D eigenvalue weighted by atomic mass is 9.96. The molecule has 1 aliphatic heterocycles. The van der Waals surface area contributed by atoms with Gasteiger partial charge in [0.2, 0.25) is 0 Å². The lowest BCUT2D eigenvalue weighted by molar-refractivity contribution is -0.137. The second kappa shape index (κ2) is 11.1. The molecule has 1 unspecified atom stereocenters. The Kier molecular flexibility index (Phi) is 7.76. The molecule has 5 nitrogen and oxygen atoms in total. The van der Waals surface area contributed by atoms with Gasteiger partial charge in [0.25, 0.3) is 0 Å². The Morgan fingerprint density at radius 1 is 1.15 bits per heavy atom. The van der Waals surface area contributed by atoms with Crippen molar-refractivity contribution in [3.05, 3.63) is 75.5 Å². The summed E-state index contributed by atoms with van der Waals surface area (Å²) in [7, 11) is 1.74. The molecule has 6 heteroatoms. The van der Waals surface area contributed by atoms with Crippen LogP contribution in [0.3, 0.4) is 0 Å². The summed E-state index contributed by atoms with van der Waals surface area (Å²) in [4.78, 5) is 16.0. The highest BCUT2D eigenvalue weighted by atomic mass is 32.1. The highest BCUT2D eigenvalue weighted by Crippen LogP contribution is 2.37. The molecule has 0 saturated heterocycles. The molecule has 3 aromatic rings. The third-order valence-corrected chi connectivity index (χ3v) is 6.96. The number of carboxylic acids is 1. The monoisotopic (exact) mass is 475 g/mol. The lowest BCUT2D eigenvalue weighted by Gasteiger charge is -2.32. The predicted octanol–water partition coefficient (Wildman–Crippen LogP) is 5.87. The molecule has 0 radical (unpaired) electrons. The Bertz CT molecular complexity index is 1170. The topological polar surface area (TPSA) is 59.0 Å². The standard InChI is InChI=1S/C28H29NO4S/c1-3-6-22(17-27(30)31)20-10-12-23(13-11-20)33-19-25-15-14-24(34-25)18-29-16-5-8-21-7-4-9-26(32-2)28(21)29/h4,7,9-15,22H,5,8,16-19H2,1-2H3,(H,30,31). The molecule has 34 heavy (non-hydrogen) atoms. The van der Waals surface area contributed by atoms with Crippen LogP contribution in [0.25, 0.3) is 0 Å². The van der Waals surface area contributed by atoms with Crippen molar-refractivity contribution >= 4 is 23.0 Å². The van der Waals surface area contributed by atoms with Gasteiger partial charge in [0, 0.05) is 16.3 Å². The summed E-state index contributed by atoms with van der Waals surface area (Å²) >= 11 is 1.76. The van der Waals surface area contributed by atoms with Crippen LogP contribution in [-0.4, -0.2) is 24.7 Å². The number of anilines is 1. The Morgan fingerprint density at radius 3 is 2.68 bits per heavy atom. The van der Waals surface area contributed by atoms with Crippen molar-refractivity contribution in [2.24, 2.45) is 0 Å². The van der Waals surface area contributed by atoms with Crippen LogP contribution in [0.4, 0.5) is 5.69 Å². The van der Waals surface area contributed by atoms with E-state index in [-0.39, 0.29) is 12.3 Å². The third kappa shape index (κ3) is 5.73. The SMILES string of the molecule is CC#CC(CC(=O)O)c1ccc(OCc2ccc(CN3CCCc4cccc(OC)c43)s2)cc1. The number of aliphatic carboxylic acids is 1. The van der Waals surface area contributed by atoms with Crippen LogP contribution in [0.1, 0.15) is 46.6 Å². The van der Waals surface area contributed by atoms with Crippen molar-refractivity contribution < 1.29 is 19.4 Å². The first-order chi connectivity index (χ1) is 16.6. The number of carboxylic acid groups (broad SMARTS) is 1. The quantitative estimate of drug-likeness (QED) is 0.392. The Labute approximate surface area is 205 Å². The van der Waals surface area contributed by atoms with E-state index in [1.807, 2.05) is 30.3 Å². The van der Waals surface area contributed by atoms with Crippen molar-refractivity contribution in [3.8, 4) is 23.3 Å². The first kappa shape index (κ1) is 23.7. The van der Waals surface area contributed by atoms with Gasteiger partial charge >= 0.3 is 5.97 Å². The Morgan fingerprint density at radius 2 is 1.94 bits per heavy atom. The van der Waals surface area contributed by atoms with Gasteiger partial charge in [-0.15, -0.1) is 17.3 Å². The molecule has 4 rings (SSSR count). The number of rotatable bonds is 9. The summed E-state index contributed by atoms with van der Waals surface area (Å²) in [5.74, 6) is 6.33. The summed E-state index contributed by atoms with van der Waals surface area (Å²) in [5.41, 5.74) is 3.46. The van der Waals surface area contributed by atoms with E-state index in [1.165, 1.54) is 16.1 Å². The van der Waals surface area contributed by atoms with Gasteiger partial charge < -0.3 is 19.5 Å². The summed E-state index contributed by atoms with van der Waals surface area (Å²) in [6, 6.07) is 18.2. The summed E-state index contributed by atoms with van der Waals surface area (Å²) in [6.45, 7) is 4.10. The van der Waals surface area contributed by atoms with E-state index in [0.29, 0.717) is 6.61 Å². The Balaban J connectivity index is 1.37. The highest BCUT2D eigenvalue weighted by molar-refractivity contribution is 7.11. The van der Waals surface area contributed by atoms with Crippen molar-refractivity contribution in [2.45, 2.75) is 45.3 Å². The van der Waals surface area contributed by atoms with Gasteiger partial charge in [0.05, 0.1) is 31.7 Å². The number of methoxy groups -OCH3 is 1. The molecule has 1 aliphatic rings. The van der Waals surface area contributed by atoms with E-state index < -0.39 is 5.97 Å². The number of aryl methyl sites for hydroxylation is 1. The second-order valence-corrected chi connectivity index (χ2v) is 9.52. The third-order valence-electron chi connectivity index (χ3n) is 5.92. The fourth-order valence-corrected chi connectivity index (χ4v) is 5.30. The Hall–Kier alpha value is -3.43. The molecular weight excluding hydrogens is 446 g/mol. The molecule has 0 amide bonds. The first-order valence-corrected chi connectivity index (χ1v) is 12.2. The number of fused-ring (bicyclic) bond motifs is 1. The van der Waals surface area contributed by atoms with Crippen molar-refractivity contribution in [1.82, 2.24) is 0 Å². The molecule has 0 aliphatic carbocycles. The largest absolute Gasteiger partial charge is 0.495 e. The van der Waals surface area contributed by atoms with Gasteiger partial charge in [0.15, 0.2) is 0 Å². The zero-order valence-electron chi connectivity index (χ0n) is 19.5. The second-order valence-electron chi connectivity index (χ2n) is 8.26. The minimum absolute atomic E-state index is 0.00756. The van der Waals surface area contributed by atoms with Crippen LogP contribution in [0.5, 0.6) is 11.5 Å². The maximum Gasteiger partial charge on any atom is 0.304 e. The van der Waals surface area contributed by atoms with Gasteiger partial charge in [0.1, 0.15) is 18.1 Å². The van der Waals surface area contributed by atoms with Crippen molar-refractivity contribution in [2.75, 3.05) is 18.6 Å². The van der Waals surface area contributed by atoms with Crippen molar-refractivity contribution in [3.63, 3.8) is 0 Å². The number of ether oxygens (including phenoxy) is 2. The molecule has 1 aromatic heterocycles. The van der Waals surface area contributed by atoms with E-state index in [4.69, 9.17) is 14.6 Å². The minimum Gasteiger partial charge on any atom is -0.495 e. The van der Waals surface area contributed by atoms with E-state index in [1.54, 1.807) is 25.4 Å². The number of benzene rings is 2. The average Bonchev–Trinajstić information content (AvgIpc) is 3.29. The molecule has 0 saturated carbocycles. The van der Waals surface area contributed by atoms with Crippen LogP contribution >= 0.6 is 11.3 Å². The number of para-hydroxylation sites is 1. The first-order valence-electron chi connectivity index (χ1n) is 11.4. The number of hydrogen-bond acceptors (Lipinski definition) is 5. The number of carbonyl (C=O) groups is 1. The molecule has 2 heterocycles. The zero-order valence-corrected chi connectivity index (χ0v) is 20.4. The average molecular weight is 476 g/mol. The van der Waals surface area contributed by atoms with Gasteiger partial charge in [-0.25, -0.2) is 0 Å². The fourth-order valence-electron chi connectivity index (χ4n) is 4.35. The predicted molar refractivity (Wildman–Crippen MR) is 136 cm³/mol. The molecular formula is C28H29NO4S. The maximum atomic E-state index is 11.1. The molecule has 2 aromatic carbocycles. The van der Waals surface area contributed by atoms with Crippen LogP contribution < -0.4 is 14.4 Å². The molecule has 1 N–H and O–H groups in total. The van der Waals surface area contributed by atoms with Crippen LogP contribution in [0.15, 0.2) is 54.6 Å². The van der Waals surface area contributed by atoms with Crippen LogP contribution in [0.2, 0.25) is 0 Å². The van der Waals surface area contributed by atoms with E-state index in [9.17, 15) is 4.79 Å². The molecule has 0 fully saturated rings. The molecule has 0 spiro atoms. The molecule has 0 bridgehead atoms. The van der Waals surface area contributed by atoms with E-state index in [0.717, 1.165) is 47.9 Å². The summed E-state index contributed by atoms with van der Waals surface area (Å²) in [5, 5.41) is 9.12.